The highest BCUT2D eigenvalue weighted by molar-refractivity contribution is 7.93. The average molecular weight is 606 g/mol. The maximum Gasteiger partial charge on any atom is 0.418 e. The standard InChI is InChI=1S/C32H42F3N3O3S/c1-31(2,42(40,41)20-9-7-5-3-4-6-8-11-23-16-18-36-19-17-23)30(39)37-26-14-15-28-25(22-26)21-24-12-10-13-27(29(24)38-28)32(33,34)35/h10,12-15,21-23,36H,3-9,11,16-20H2,1-2H3,(H,37,39). The van der Waals surface area contributed by atoms with Crippen molar-refractivity contribution in [2.75, 3.05) is 24.2 Å². The van der Waals surface area contributed by atoms with Crippen molar-refractivity contribution in [3.8, 4) is 0 Å². The molecule has 1 aliphatic heterocycles. The molecule has 0 atom stereocenters. The molecule has 1 aliphatic rings. The van der Waals surface area contributed by atoms with Gasteiger partial charge in [-0.05, 0) is 82.4 Å². The number of para-hydroxylation sites is 1. The number of carbonyl (C=O) groups excluding carboxylic acids is 1. The second kappa shape index (κ2) is 13.7. The van der Waals surface area contributed by atoms with Gasteiger partial charge in [0.1, 0.15) is 4.75 Å². The van der Waals surface area contributed by atoms with Gasteiger partial charge in [0.15, 0.2) is 9.84 Å². The highest BCUT2D eigenvalue weighted by Crippen LogP contribution is 2.35. The van der Waals surface area contributed by atoms with Crippen molar-refractivity contribution in [1.82, 2.24) is 10.3 Å². The van der Waals surface area contributed by atoms with E-state index >= 15 is 0 Å². The Bertz CT molecular complexity index is 1480. The number of aromatic nitrogens is 1. The number of piperidine rings is 1. The summed E-state index contributed by atoms with van der Waals surface area (Å²) in [6.45, 7) is 5.11. The molecular formula is C32H42F3N3O3S. The molecule has 0 bridgehead atoms. The van der Waals surface area contributed by atoms with Gasteiger partial charge in [0.05, 0.1) is 22.3 Å². The second-order valence-electron chi connectivity index (χ2n) is 12.0. The summed E-state index contributed by atoms with van der Waals surface area (Å²) >= 11 is 0. The highest BCUT2D eigenvalue weighted by Gasteiger charge is 2.41. The summed E-state index contributed by atoms with van der Waals surface area (Å²) in [6.07, 6.45) is 6.44. The molecule has 1 aromatic heterocycles. The Morgan fingerprint density at radius 3 is 2.29 bits per heavy atom. The number of halogens is 3. The quantitative estimate of drug-likeness (QED) is 0.154. The average Bonchev–Trinajstić information content (AvgIpc) is 2.94. The van der Waals surface area contributed by atoms with Crippen molar-refractivity contribution in [1.29, 1.82) is 0 Å². The van der Waals surface area contributed by atoms with Gasteiger partial charge < -0.3 is 10.6 Å². The summed E-state index contributed by atoms with van der Waals surface area (Å²) < 4.78 is 64.9. The van der Waals surface area contributed by atoms with Crippen LogP contribution in [-0.2, 0) is 20.8 Å². The monoisotopic (exact) mass is 605 g/mol. The highest BCUT2D eigenvalue weighted by atomic mass is 32.2. The number of alkyl halides is 3. The smallest absolute Gasteiger partial charge is 0.325 e. The molecule has 1 saturated heterocycles. The van der Waals surface area contributed by atoms with E-state index in [2.05, 4.69) is 15.6 Å². The van der Waals surface area contributed by atoms with E-state index in [1.807, 2.05) is 0 Å². The number of hydrogen-bond acceptors (Lipinski definition) is 5. The van der Waals surface area contributed by atoms with Crippen molar-refractivity contribution < 1.29 is 26.4 Å². The number of unbranched alkanes of at least 4 members (excludes halogenated alkanes) is 6. The molecule has 0 saturated carbocycles. The summed E-state index contributed by atoms with van der Waals surface area (Å²) in [5.41, 5.74) is -0.265. The number of sulfone groups is 1. The van der Waals surface area contributed by atoms with Gasteiger partial charge in [-0.25, -0.2) is 13.4 Å². The fourth-order valence-electron chi connectivity index (χ4n) is 5.63. The molecular weight excluding hydrogens is 563 g/mol. The molecule has 4 rings (SSSR count). The van der Waals surface area contributed by atoms with Crippen LogP contribution in [-0.4, -0.2) is 42.9 Å². The van der Waals surface area contributed by atoms with Gasteiger partial charge in [-0.3, -0.25) is 4.79 Å². The van der Waals surface area contributed by atoms with Crippen LogP contribution in [0.1, 0.15) is 83.6 Å². The molecule has 1 amide bonds. The summed E-state index contributed by atoms with van der Waals surface area (Å²) in [6, 6.07) is 10.1. The van der Waals surface area contributed by atoms with Crippen molar-refractivity contribution in [3.63, 3.8) is 0 Å². The number of carbonyl (C=O) groups is 1. The van der Waals surface area contributed by atoms with Crippen LogP contribution in [0.3, 0.4) is 0 Å². The maximum absolute atomic E-state index is 13.4. The third-order valence-corrected chi connectivity index (χ3v) is 11.1. The van der Waals surface area contributed by atoms with Gasteiger partial charge in [0, 0.05) is 16.5 Å². The minimum atomic E-state index is -4.53. The Morgan fingerprint density at radius 2 is 1.60 bits per heavy atom. The van der Waals surface area contributed by atoms with Crippen molar-refractivity contribution in [2.45, 2.75) is 89.0 Å². The van der Waals surface area contributed by atoms with Crippen molar-refractivity contribution in [3.05, 3.63) is 48.0 Å². The lowest BCUT2D eigenvalue weighted by molar-refractivity contribution is -0.136. The van der Waals surface area contributed by atoms with Crippen LogP contribution in [0.4, 0.5) is 18.9 Å². The van der Waals surface area contributed by atoms with Crippen LogP contribution in [0.2, 0.25) is 0 Å². The van der Waals surface area contributed by atoms with Gasteiger partial charge in [-0.2, -0.15) is 13.2 Å². The third kappa shape index (κ3) is 8.01. The first-order chi connectivity index (χ1) is 19.9. The topological polar surface area (TPSA) is 88.2 Å². The molecule has 0 radical (unpaired) electrons. The number of amides is 1. The fraction of sp³-hybridized carbons (Fsp3) is 0.562. The molecule has 0 aliphatic carbocycles. The maximum atomic E-state index is 13.4. The summed E-state index contributed by atoms with van der Waals surface area (Å²) in [4.78, 5) is 17.3. The fourth-order valence-corrected chi connectivity index (χ4v) is 7.05. The van der Waals surface area contributed by atoms with E-state index in [9.17, 15) is 26.4 Å². The molecule has 2 aromatic carbocycles. The minimum Gasteiger partial charge on any atom is -0.325 e. The first-order valence-electron chi connectivity index (χ1n) is 15.0. The zero-order valence-electron chi connectivity index (χ0n) is 24.5. The molecule has 42 heavy (non-hydrogen) atoms. The summed E-state index contributed by atoms with van der Waals surface area (Å²) in [7, 11) is -3.72. The lowest BCUT2D eigenvalue weighted by atomic mass is 9.92. The zero-order chi connectivity index (χ0) is 30.4. The van der Waals surface area contributed by atoms with Crippen LogP contribution in [0.25, 0.3) is 21.8 Å². The first-order valence-corrected chi connectivity index (χ1v) is 16.7. The first kappa shape index (κ1) is 32.2. The number of nitrogens with zero attached hydrogens (tertiary/aromatic N) is 1. The van der Waals surface area contributed by atoms with E-state index in [1.165, 1.54) is 70.6 Å². The summed E-state index contributed by atoms with van der Waals surface area (Å²) in [5, 5.41) is 6.95. The third-order valence-electron chi connectivity index (χ3n) is 8.51. The van der Waals surface area contributed by atoms with Gasteiger partial charge in [0.2, 0.25) is 5.91 Å². The number of nitrogens with one attached hydrogen (secondary N) is 2. The number of anilines is 1. The Labute approximate surface area is 246 Å². The van der Waals surface area contributed by atoms with Crippen LogP contribution >= 0.6 is 0 Å². The zero-order valence-corrected chi connectivity index (χ0v) is 25.3. The minimum absolute atomic E-state index is 0.0572. The Hall–Kier alpha value is -2.72. The van der Waals surface area contributed by atoms with Crippen LogP contribution in [0.5, 0.6) is 0 Å². The van der Waals surface area contributed by atoms with Crippen molar-refractivity contribution >= 4 is 43.2 Å². The second-order valence-corrected chi connectivity index (χ2v) is 14.7. The molecule has 230 valence electrons. The van der Waals surface area contributed by atoms with Crippen LogP contribution < -0.4 is 10.6 Å². The van der Waals surface area contributed by atoms with E-state index in [0.29, 0.717) is 28.4 Å². The number of rotatable bonds is 13. The predicted octanol–water partition coefficient (Wildman–Crippen LogP) is 7.66. The van der Waals surface area contributed by atoms with E-state index in [-0.39, 0.29) is 11.3 Å². The molecule has 0 spiro atoms. The van der Waals surface area contributed by atoms with Gasteiger partial charge in [-0.1, -0.05) is 57.1 Å². The predicted molar refractivity (Wildman–Crippen MR) is 163 cm³/mol. The van der Waals surface area contributed by atoms with E-state index in [0.717, 1.165) is 44.3 Å². The number of benzene rings is 2. The normalized spacial score (nSPS) is 15.4. The van der Waals surface area contributed by atoms with E-state index in [4.69, 9.17) is 0 Å². The Kier molecular flexibility index (Phi) is 10.5. The lowest BCUT2D eigenvalue weighted by Gasteiger charge is -2.24. The number of pyridine rings is 1. The molecule has 10 heteroatoms. The lowest BCUT2D eigenvalue weighted by Crippen LogP contribution is -2.45. The molecule has 6 nitrogen and oxygen atoms in total. The Morgan fingerprint density at radius 1 is 0.929 bits per heavy atom. The molecule has 2 heterocycles. The van der Waals surface area contributed by atoms with Crippen LogP contribution in [0.15, 0.2) is 42.5 Å². The van der Waals surface area contributed by atoms with E-state index in [1.54, 1.807) is 18.2 Å². The Balaban J connectivity index is 1.27. The molecule has 2 N–H and O–H groups in total. The van der Waals surface area contributed by atoms with Gasteiger partial charge in [0.25, 0.3) is 0 Å². The molecule has 3 aromatic rings. The molecule has 1 fully saturated rings. The van der Waals surface area contributed by atoms with Crippen molar-refractivity contribution in [2.24, 2.45) is 5.92 Å². The van der Waals surface area contributed by atoms with Gasteiger partial charge >= 0.3 is 6.18 Å². The largest absolute Gasteiger partial charge is 0.418 e. The SMILES string of the molecule is CC(C)(C(=O)Nc1ccc2nc3c(C(F)(F)F)cccc3cc2c1)S(=O)(=O)CCCCCCCCCC1CCNCC1. The summed E-state index contributed by atoms with van der Waals surface area (Å²) in [5.74, 6) is 0.160. The number of fused-ring (bicyclic) bond motifs is 2. The van der Waals surface area contributed by atoms with E-state index < -0.39 is 32.2 Å². The van der Waals surface area contributed by atoms with Crippen LogP contribution in [0, 0.1) is 5.92 Å². The molecule has 0 unspecified atom stereocenters. The van der Waals surface area contributed by atoms with Gasteiger partial charge in [-0.15, -0.1) is 0 Å². The number of hydrogen-bond donors (Lipinski definition) is 2.